The van der Waals surface area contributed by atoms with Crippen molar-refractivity contribution < 1.29 is 14.3 Å². The molecule has 1 aromatic heterocycles. The molecule has 2 aromatic carbocycles. The van der Waals surface area contributed by atoms with Crippen molar-refractivity contribution >= 4 is 16.8 Å². The average molecular weight is 527 g/mol. The van der Waals surface area contributed by atoms with Crippen molar-refractivity contribution in [3.05, 3.63) is 64.8 Å². The summed E-state index contributed by atoms with van der Waals surface area (Å²) >= 11 is 0. The Balaban J connectivity index is 1.25. The highest BCUT2D eigenvalue weighted by molar-refractivity contribution is 5.94. The molecule has 7 heteroatoms. The Morgan fingerprint density at radius 3 is 2.79 bits per heavy atom. The fourth-order valence-corrected chi connectivity index (χ4v) is 7.07. The maximum Gasteiger partial charge on any atom is 0.251 e. The molecule has 1 spiro atoms. The van der Waals surface area contributed by atoms with Crippen molar-refractivity contribution in [3.8, 4) is 11.8 Å². The van der Waals surface area contributed by atoms with Crippen LogP contribution in [-0.2, 0) is 11.3 Å². The van der Waals surface area contributed by atoms with Crippen LogP contribution in [0.2, 0.25) is 0 Å². The second-order valence-corrected chi connectivity index (χ2v) is 11.9. The largest absolute Gasteiger partial charge is 0.496 e. The maximum absolute atomic E-state index is 12.8. The van der Waals surface area contributed by atoms with Crippen LogP contribution in [0.4, 0.5) is 0 Å². The number of piperidine rings is 1. The van der Waals surface area contributed by atoms with E-state index < -0.39 is 0 Å². The van der Waals surface area contributed by atoms with Gasteiger partial charge in [0.05, 0.1) is 19.8 Å². The molecule has 3 aliphatic rings. The smallest absolute Gasteiger partial charge is 0.251 e. The van der Waals surface area contributed by atoms with Crippen molar-refractivity contribution in [2.75, 3.05) is 33.4 Å². The standard InChI is InChI=1S/C32H38N4O3/c1-21-13-29(38-2)27(26-7-10-34-30(21)26)19-36-11-9-32(14-23(15-32)17-33)16-28(36)24-3-5-25(6-4-24)31(37)35-18-22-8-12-39-20-22/h3-7,10,13,22-23,28,34H,8-9,11-12,14-16,18-20H2,1-2H3,(H,35,37)/t22?,23?,28-,32?/m0/s1. The minimum Gasteiger partial charge on any atom is -0.496 e. The first-order chi connectivity index (χ1) is 19.0. The third-order valence-electron chi connectivity index (χ3n) is 9.36. The Hall–Kier alpha value is -3.34. The van der Waals surface area contributed by atoms with Crippen molar-refractivity contribution in [1.82, 2.24) is 15.2 Å². The number of hydrogen-bond donors (Lipinski definition) is 2. The third kappa shape index (κ3) is 5.04. The van der Waals surface area contributed by atoms with Gasteiger partial charge in [0.15, 0.2) is 0 Å². The number of ether oxygens (including phenoxy) is 2. The summed E-state index contributed by atoms with van der Waals surface area (Å²) in [5.41, 5.74) is 5.70. The van der Waals surface area contributed by atoms with Crippen LogP contribution < -0.4 is 10.1 Å². The number of rotatable bonds is 7. The number of nitrogens with one attached hydrogen (secondary N) is 2. The number of fused-ring (bicyclic) bond motifs is 1. The molecule has 2 N–H and O–H groups in total. The highest BCUT2D eigenvalue weighted by Gasteiger charge is 2.49. The van der Waals surface area contributed by atoms with Gasteiger partial charge in [0, 0.05) is 65.8 Å². The normalized spacial score (nSPS) is 26.8. The molecule has 1 unspecified atom stereocenters. The predicted molar refractivity (Wildman–Crippen MR) is 150 cm³/mol. The van der Waals surface area contributed by atoms with Gasteiger partial charge in [-0.2, -0.15) is 5.26 Å². The topological polar surface area (TPSA) is 90.4 Å². The Labute approximate surface area is 230 Å². The highest BCUT2D eigenvalue weighted by atomic mass is 16.5. The van der Waals surface area contributed by atoms with Crippen LogP contribution in [-0.4, -0.2) is 49.2 Å². The van der Waals surface area contributed by atoms with Gasteiger partial charge in [-0.3, -0.25) is 9.69 Å². The molecule has 3 heterocycles. The lowest BCUT2D eigenvalue weighted by Crippen LogP contribution is -2.48. The van der Waals surface area contributed by atoms with Gasteiger partial charge in [-0.05, 0) is 86.4 Å². The summed E-state index contributed by atoms with van der Waals surface area (Å²) < 4.78 is 11.3. The summed E-state index contributed by atoms with van der Waals surface area (Å²) in [6.45, 7) is 6.04. The number of methoxy groups -OCH3 is 1. The number of nitriles is 1. The number of likely N-dealkylation sites (tertiary alicyclic amines) is 1. The molecule has 3 aromatic rings. The van der Waals surface area contributed by atoms with Crippen molar-refractivity contribution in [3.63, 3.8) is 0 Å². The number of aromatic amines is 1. The van der Waals surface area contributed by atoms with E-state index in [0.29, 0.717) is 18.0 Å². The first-order valence-corrected chi connectivity index (χ1v) is 14.2. The molecular formula is C32H38N4O3. The molecule has 1 aliphatic carbocycles. The molecule has 204 valence electrons. The second kappa shape index (κ2) is 10.7. The van der Waals surface area contributed by atoms with E-state index in [1.54, 1.807) is 7.11 Å². The van der Waals surface area contributed by atoms with Crippen molar-refractivity contribution in [1.29, 1.82) is 5.26 Å². The van der Waals surface area contributed by atoms with E-state index >= 15 is 0 Å². The molecule has 3 fully saturated rings. The van der Waals surface area contributed by atoms with Gasteiger partial charge in [0.1, 0.15) is 5.75 Å². The molecule has 0 bridgehead atoms. The van der Waals surface area contributed by atoms with E-state index in [-0.39, 0.29) is 23.3 Å². The van der Waals surface area contributed by atoms with Gasteiger partial charge < -0.3 is 19.8 Å². The third-order valence-corrected chi connectivity index (χ3v) is 9.36. The quantitative estimate of drug-likeness (QED) is 0.424. The van der Waals surface area contributed by atoms with E-state index in [4.69, 9.17) is 9.47 Å². The van der Waals surface area contributed by atoms with E-state index in [2.05, 4.69) is 52.5 Å². The number of carbonyl (C=O) groups is 1. The van der Waals surface area contributed by atoms with Gasteiger partial charge in [-0.1, -0.05) is 12.1 Å². The Kier molecular flexibility index (Phi) is 7.09. The van der Waals surface area contributed by atoms with Crippen molar-refractivity contribution in [2.45, 2.75) is 51.6 Å². The first kappa shape index (κ1) is 25.9. The summed E-state index contributed by atoms with van der Waals surface area (Å²) in [5.74, 6) is 1.49. The zero-order valence-electron chi connectivity index (χ0n) is 23.0. The summed E-state index contributed by atoms with van der Waals surface area (Å²) in [7, 11) is 1.75. The van der Waals surface area contributed by atoms with Crippen LogP contribution in [0.25, 0.3) is 10.9 Å². The lowest BCUT2D eigenvalue weighted by atomic mass is 9.56. The van der Waals surface area contributed by atoms with Gasteiger partial charge in [-0.15, -0.1) is 0 Å². The minimum atomic E-state index is -0.0273. The summed E-state index contributed by atoms with van der Waals surface area (Å²) in [6.07, 6.45) is 7.14. The fraction of sp³-hybridized carbons (Fsp3) is 0.500. The number of benzene rings is 2. The molecular weight excluding hydrogens is 488 g/mol. The average Bonchev–Trinajstić information content (AvgIpc) is 3.65. The number of aromatic nitrogens is 1. The van der Waals surface area contributed by atoms with Gasteiger partial charge >= 0.3 is 0 Å². The van der Waals surface area contributed by atoms with Crippen LogP contribution in [0.15, 0.2) is 42.6 Å². The number of amides is 1. The van der Waals surface area contributed by atoms with Crippen LogP contribution >= 0.6 is 0 Å². The molecule has 1 amide bonds. The molecule has 2 aliphatic heterocycles. The second-order valence-electron chi connectivity index (χ2n) is 11.9. The first-order valence-electron chi connectivity index (χ1n) is 14.2. The summed E-state index contributed by atoms with van der Waals surface area (Å²) in [5, 5.41) is 13.7. The fourth-order valence-electron chi connectivity index (χ4n) is 7.07. The van der Waals surface area contributed by atoms with Crippen LogP contribution in [0.5, 0.6) is 5.75 Å². The van der Waals surface area contributed by atoms with Crippen molar-refractivity contribution in [2.24, 2.45) is 17.3 Å². The van der Waals surface area contributed by atoms with E-state index in [1.165, 1.54) is 22.1 Å². The number of hydrogen-bond acceptors (Lipinski definition) is 5. The lowest BCUT2D eigenvalue weighted by molar-refractivity contribution is -0.0298. The molecule has 6 rings (SSSR count). The Bertz CT molecular complexity index is 1380. The maximum atomic E-state index is 12.8. The van der Waals surface area contributed by atoms with E-state index in [9.17, 15) is 10.1 Å². The van der Waals surface area contributed by atoms with Crippen LogP contribution in [0.1, 0.15) is 65.2 Å². The molecule has 7 nitrogen and oxygen atoms in total. The molecule has 0 radical (unpaired) electrons. The zero-order chi connectivity index (χ0) is 27.0. The summed E-state index contributed by atoms with van der Waals surface area (Å²) in [6, 6.07) is 15.2. The molecule has 2 saturated heterocycles. The number of aryl methyl sites for hydroxylation is 1. The monoisotopic (exact) mass is 526 g/mol. The highest BCUT2D eigenvalue weighted by Crippen LogP contribution is 2.56. The zero-order valence-corrected chi connectivity index (χ0v) is 23.0. The van der Waals surface area contributed by atoms with Crippen LogP contribution in [0, 0.1) is 35.5 Å². The Morgan fingerprint density at radius 2 is 2.08 bits per heavy atom. The summed E-state index contributed by atoms with van der Waals surface area (Å²) in [4.78, 5) is 18.8. The Morgan fingerprint density at radius 1 is 1.26 bits per heavy atom. The number of H-pyrrole nitrogens is 1. The molecule has 1 saturated carbocycles. The lowest BCUT2D eigenvalue weighted by Gasteiger charge is -2.53. The molecule has 2 atom stereocenters. The van der Waals surface area contributed by atoms with Gasteiger partial charge in [0.25, 0.3) is 5.91 Å². The van der Waals surface area contributed by atoms with E-state index in [1.807, 2.05) is 18.3 Å². The minimum absolute atomic E-state index is 0.0273. The van der Waals surface area contributed by atoms with E-state index in [0.717, 1.165) is 69.7 Å². The predicted octanol–water partition coefficient (Wildman–Crippen LogP) is 5.51. The number of carbonyl (C=O) groups excluding carboxylic acids is 1. The van der Waals surface area contributed by atoms with Gasteiger partial charge in [-0.25, -0.2) is 0 Å². The molecule has 39 heavy (non-hydrogen) atoms. The van der Waals surface area contributed by atoms with Crippen LogP contribution in [0.3, 0.4) is 0 Å². The SMILES string of the molecule is COc1cc(C)c2[nH]ccc2c1CN1CCC2(CC(C#N)C2)C[C@H]1c1ccc(C(=O)NCC2CCOC2)cc1. The van der Waals surface area contributed by atoms with Gasteiger partial charge in [0.2, 0.25) is 0 Å². The number of nitrogens with zero attached hydrogens (tertiary/aromatic N) is 2.